The third-order valence-electron chi connectivity index (χ3n) is 3.98. The summed E-state index contributed by atoms with van der Waals surface area (Å²) in [5.41, 5.74) is 0.816. The van der Waals surface area contributed by atoms with Crippen molar-refractivity contribution in [3.63, 3.8) is 0 Å². The van der Waals surface area contributed by atoms with Gasteiger partial charge in [0.15, 0.2) is 11.5 Å². The highest BCUT2D eigenvalue weighted by Gasteiger charge is 2.25. The first-order chi connectivity index (χ1) is 12.3. The molecule has 0 atom stereocenters. The lowest BCUT2D eigenvalue weighted by molar-refractivity contribution is 0.174. The van der Waals surface area contributed by atoms with Gasteiger partial charge in [0.25, 0.3) is 0 Å². The average Bonchev–Trinajstić information content (AvgIpc) is 3.15. The Hall–Kier alpha value is -2.84. The highest BCUT2D eigenvalue weighted by atomic mass is 31.2. The molecule has 25 heavy (non-hydrogen) atoms. The monoisotopic (exact) mass is 349 g/mol. The predicted octanol–water partition coefficient (Wildman–Crippen LogP) is 3.76. The van der Waals surface area contributed by atoms with Crippen molar-refractivity contribution < 1.29 is 14.0 Å². The number of benzene rings is 3. The lowest BCUT2D eigenvalue weighted by Crippen LogP contribution is -2.14. The van der Waals surface area contributed by atoms with Crippen LogP contribution in [-0.4, -0.2) is 13.0 Å². The number of fused-ring (bicyclic) bond motifs is 1. The fraction of sp³-hybridized carbons (Fsp3) is 0.0500. The molecule has 0 aromatic heterocycles. The van der Waals surface area contributed by atoms with Crippen molar-refractivity contribution in [3.8, 4) is 11.5 Å². The molecule has 1 aliphatic rings. The molecule has 0 N–H and O–H groups in total. The van der Waals surface area contributed by atoms with Crippen LogP contribution in [0.25, 0.3) is 0 Å². The van der Waals surface area contributed by atoms with Crippen molar-refractivity contribution in [2.75, 3.05) is 6.79 Å². The minimum Gasteiger partial charge on any atom is -0.454 e. The molecule has 4 nitrogen and oxygen atoms in total. The molecule has 0 spiro atoms. The minimum absolute atomic E-state index is 0.225. The third-order valence-corrected chi connectivity index (χ3v) is 6.42. The Morgan fingerprint density at radius 2 is 1.40 bits per heavy atom. The summed E-state index contributed by atoms with van der Waals surface area (Å²) in [4.78, 5) is 0. The lowest BCUT2D eigenvalue weighted by atomic mass is 10.2. The van der Waals surface area contributed by atoms with E-state index in [4.69, 9.17) is 9.47 Å². The first kappa shape index (κ1) is 15.7. The molecule has 0 bridgehead atoms. The van der Waals surface area contributed by atoms with E-state index in [1.807, 2.05) is 78.9 Å². The second-order valence-corrected chi connectivity index (χ2v) is 8.02. The molecule has 124 valence electrons. The van der Waals surface area contributed by atoms with E-state index in [0.717, 1.165) is 5.56 Å². The average molecular weight is 349 g/mol. The van der Waals surface area contributed by atoms with E-state index in [9.17, 15) is 4.57 Å². The Balaban J connectivity index is 1.76. The largest absolute Gasteiger partial charge is 0.454 e. The second-order valence-electron chi connectivity index (χ2n) is 5.60. The van der Waals surface area contributed by atoms with Gasteiger partial charge >= 0.3 is 0 Å². The molecule has 3 aromatic carbocycles. The van der Waals surface area contributed by atoms with E-state index in [1.54, 1.807) is 6.21 Å². The zero-order valence-electron chi connectivity index (χ0n) is 13.4. The molecule has 0 saturated carbocycles. The Labute approximate surface area is 146 Å². The van der Waals surface area contributed by atoms with Crippen LogP contribution in [0.3, 0.4) is 0 Å². The topological polar surface area (TPSA) is 47.9 Å². The molecular formula is C20H16NO3P. The quantitative estimate of drug-likeness (QED) is 0.532. The van der Waals surface area contributed by atoms with Crippen molar-refractivity contribution in [3.05, 3.63) is 84.4 Å². The highest BCUT2D eigenvalue weighted by molar-refractivity contribution is 7.77. The number of ether oxygens (including phenoxy) is 2. The van der Waals surface area contributed by atoms with E-state index >= 15 is 0 Å². The minimum atomic E-state index is -3.11. The lowest BCUT2D eigenvalue weighted by Gasteiger charge is -2.14. The van der Waals surface area contributed by atoms with Crippen molar-refractivity contribution >= 4 is 24.1 Å². The van der Waals surface area contributed by atoms with E-state index in [2.05, 4.69) is 4.76 Å². The molecule has 5 heteroatoms. The Bertz CT molecular complexity index is 912. The zero-order valence-corrected chi connectivity index (χ0v) is 14.3. The van der Waals surface area contributed by atoms with Crippen LogP contribution in [0.4, 0.5) is 0 Å². The Morgan fingerprint density at radius 1 is 0.800 bits per heavy atom. The van der Waals surface area contributed by atoms with Gasteiger partial charge < -0.3 is 9.47 Å². The Kier molecular flexibility index (Phi) is 4.12. The van der Waals surface area contributed by atoms with Gasteiger partial charge in [0.1, 0.15) is 0 Å². The molecule has 0 aliphatic carbocycles. The number of hydrogen-bond donors (Lipinski definition) is 0. The van der Waals surface area contributed by atoms with E-state index in [0.29, 0.717) is 22.1 Å². The van der Waals surface area contributed by atoms with E-state index in [1.165, 1.54) is 0 Å². The van der Waals surface area contributed by atoms with Crippen LogP contribution in [0.2, 0.25) is 0 Å². The fourth-order valence-electron chi connectivity index (χ4n) is 2.68. The standard InChI is InChI=1S/C20H16NO3P/c22-25(17-7-3-1-4-8-17,18-9-5-2-6-10-18)21-14-16-11-12-19-20(13-16)24-15-23-19/h1-14H,15H2/b21-14+. The van der Waals surface area contributed by atoms with Gasteiger partial charge in [-0.15, -0.1) is 0 Å². The maximum absolute atomic E-state index is 13.8. The van der Waals surface area contributed by atoms with Crippen molar-refractivity contribution in [1.82, 2.24) is 0 Å². The molecule has 0 fully saturated rings. The van der Waals surface area contributed by atoms with Gasteiger partial charge in [0, 0.05) is 16.8 Å². The predicted molar refractivity (Wildman–Crippen MR) is 99.9 cm³/mol. The summed E-state index contributed by atoms with van der Waals surface area (Å²) in [6.45, 7) is 0.225. The zero-order chi connectivity index (χ0) is 17.1. The van der Waals surface area contributed by atoms with Crippen LogP contribution in [0.1, 0.15) is 5.56 Å². The summed E-state index contributed by atoms with van der Waals surface area (Å²) in [7, 11) is -3.11. The normalized spacial score (nSPS) is 13.3. The summed E-state index contributed by atoms with van der Waals surface area (Å²) in [6.07, 6.45) is 1.64. The maximum atomic E-state index is 13.8. The summed E-state index contributed by atoms with van der Waals surface area (Å²) >= 11 is 0. The SMILES string of the molecule is O=P(/N=C/c1ccc2c(c1)OCO2)(c1ccccc1)c1ccccc1. The number of nitrogens with zero attached hydrogens (tertiary/aromatic N) is 1. The molecule has 1 aliphatic heterocycles. The molecule has 1 heterocycles. The van der Waals surface area contributed by atoms with Crippen LogP contribution < -0.4 is 20.1 Å². The molecule has 0 radical (unpaired) electrons. The van der Waals surface area contributed by atoms with Crippen LogP contribution >= 0.6 is 7.29 Å². The van der Waals surface area contributed by atoms with Crippen molar-refractivity contribution in [2.24, 2.45) is 4.76 Å². The molecule has 4 rings (SSSR count). The summed E-state index contributed by atoms with van der Waals surface area (Å²) in [5, 5.41) is 1.41. The van der Waals surface area contributed by atoms with Gasteiger partial charge in [-0.1, -0.05) is 36.4 Å². The van der Waals surface area contributed by atoms with Gasteiger partial charge in [-0.25, -0.2) is 4.76 Å². The van der Waals surface area contributed by atoms with Crippen LogP contribution in [0, 0.1) is 0 Å². The van der Waals surface area contributed by atoms with Crippen molar-refractivity contribution in [2.45, 2.75) is 0 Å². The highest BCUT2D eigenvalue weighted by Crippen LogP contribution is 2.45. The molecule has 0 saturated heterocycles. The first-order valence-corrected chi connectivity index (χ1v) is 9.58. The summed E-state index contributed by atoms with van der Waals surface area (Å²) < 4.78 is 29.0. The van der Waals surface area contributed by atoms with Crippen LogP contribution in [0.5, 0.6) is 11.5 Å². The first-order valence-electron chi connectivity index (χ1n) is 7.92. The molecular weight excluding hydrogens is 333 g/mol. The van der Waals surface area contributed by atoms with Gasteiger partial charge in [0.05, 0.1) is 0 Å². The summed E-state index contributed by atoms with van der Waals surface area (Å²) in [6, 6.07) is 24.3. The number of hydrogen-bond acceptors (Lipinski definition) is 3. The maximum Gasteiger partial charge on any atom is 0.247 e. The van der Waals surface area contributed by atoms with E-state index < -0.39 is 7.29 Å². The van der Waals surface area contributed by atoms with E-state index in [-0.39, 0.29) is 6.79 Å². The Morgan fingerprint density at radius 3 is 2.04 bits per heavy atom. The molecule has 0 unspecified atom stereocenters. The van der Waals surface area contributed by atoms with Gasteiger partial charge in [0.2, 0.25) is 14.1 Å². The van der Waals surface area contributed by atoms with Crippen LogP contribution in [0.15, 0.2) is 83.6 Å². The van der Waals surface area contributed by atoms with Gasteiger partial charge in [-0.05, 0) is 48.0 Å². The number of rotatable bonds is 4. The summed E-state index contributed by atoms with van der Waals surface area (Å²) in [5.74, 6) is 1.39. The third kappa shape index (κ3) is 3.09. The second kappa shape index (κ2) is 6.58. The molecule has 3 aromatic rings. The molecule has 0 amide bonds. The van der Waals surface area contributed by atoms with Crippen molar-refractivity contribution in [1.29, 1.82) is 0 Å². The fourth-order valence-corrected chi connectivity index (χ4v) is 4.70. The van der Waals surface area contributed by atoms with Crippen LogP contribution in [-0.2, 0) is 4.57 Å². The smallest absolute Gasteiger partial charge is 0.247 e. The van der Waals surface area contributed by atoms with Gasteiger partial charge in [-0.2, -0.15) is 0 Å². The van der Waals surface area contributed by atoms with Gasteiger partial charge in [-0.3, -0.25) is 4.57 Å².